The molecule has 0 aliphatic carbocycles. The van der Waals surface area contributed by atoms with Crippen molar-refractivity contribution in [1.29, 1.82) is 0 Å². The molecule has 0 fully saturated rings. The quantitative estimate of drug-likeness (QED) is 0.344. The molecule has 0 saturated heterocycles. The first kappa shape index (κ1) is 29.5. The average molecular weight is 243 g/mol. The Labute approximate surface area is 88.9 Å². The normalized spacial score (nSPS) is 8.18. The molecule has 0 amide bonds. The van der Waals surface area contributed by atoms with Gasteiger partial charge >= 0.3 is 17.4 Å². The van der Waals surface area contributed by atoms with Crippen LogP contribution in [0, 0.1) is 0 Å². The van der Waals surface area contributed by atoms with Crippen molar-refractivity contribution in [2.45, 2.75) is 10.1 Å². The third-order valence-electron chi connectivity index (χ3n) is 0.293. The van der Waals surface area contributed by atoms with Gasteiger partial charge in [-0.3, -0.25) is 0 Å². The minimum atomic E-state index is -1.97. The van der Waals surface area contributed by atoms with Gasteiger partial charge in [0, 0.05) is 0 Å². The molecule has 0 aromatic heterocycles. The fourth-order valence-corrected chi connectivity index (χ4v) is 0. The maximum absolute atomic E-state index is 8.05. The Morgan fingerprint density at radius 2 is 1.00 bits per heavy atom. The fraction of sp³-hybridized carbons (Fsp3) is 1.00. The van der Waals surface area contributed by atoms with E-state index in [0.717, 1.165) is 0 Å². The molecular formula is C2H6AlCl3O5. The van der Waals surface area contributed by atoms with E-state index >= 15 is 0 Å². The zero-order valence-electron chi connectivity index (χ0n) is 5.02. The molecule has 0 rings (SSSR count). The number of rotatable bonds is 0. The second-order valence-electron chi connectivity index (χ2n) is 0.915. The first-order valence-electron chi connectivity index (χ1n) is 1.37. The maximum Gasteiger partial charge on any atom is 3.00 e. The summed E-state index contributed by atoms with van der Waals surface area (Å²) in [4.78, 5) is 0. The summed E-state index contributed by atoms with van der Waals surface area (Å²) in [6, 6.07) is 0. The molecule has 0 radical (unpaired) electrons. The number of alkyl halides is 3. The topological polar surface area (TPSA) is 130 Å². The van der Waals surface area contributed by atoms with Crippen molar-refractivity contribution in [2.75, 3.05) is 0 Å². The smallest absolute Gasteiger partial charge is 0.870 e. The Hall–Kier alpha value is 1.20. The summed E-state index contributed by atoms with van der Waals surface area (Å²) < 4.78 is -1.97. The van der Waals surface area contributed by atoms with Gasteiger partial charge in [-0.2, -0.15) is 0 Å². The zero-order valence-corrected chi connectivity index (χ0v) is 8.45. The van der Waals surface area contributed by atoms with Gasteiger partial charge in [-0.05, 0) is 0 Å². The molecule has 0 atom stereocenters. The number of aliphatic hydroxyl groups excluding tert-OH is 1. The van der Waals surface area contributed by atoms with Crippen LogP contribution >= 0.6 is 34.8 Å². The Morgan fingerprint density at radius 1 is 0.909 bits per heavy atom. The summed E-state index contributed by atoms with van der Waals surface area (Å²) in [7, 11) is 0. The van der Waals surface area contributed by atoms with Gasteiger partial charge in [-0.1, -0.05) is 34.8 Å². The van der Waals surface area contributed by atoms with Crippen LogP contribution in [0.3, 0.4) is 0 Å². The molecule has 9 heteroatoms. The van der Waals surface area contributed by atoms with Crippen molar-refractivity contribution in [3.63, 3.8) is 0 Å². The van der Waals surface area contributed by atoms with Gasteiger partial charge in [-0.25, -0.2) is 0 Å². The molecule has 5 nitrogen and oxygen atoms in total. The van der Waals surface area contributed by atoms with Crippen molar-refractivity contribution in [2.24, 2.45) is 0 Å². The van der Waals surface area contributed by atoms with Gasteiger partial charge in [-0.15, -0.1) is 0 Å². The Bertz CT molecular complexity index is 65.2. The van der Waals surface area contributed by atoms with Gasteiger partial charge in [0.1, 0.15) is 0 Å². The average Bonchev–Trinajstić information content (AvgIpc) is 1.31. The fourth-order valence-electron chi connectivity index (χ4n) is 0. The third kappa shape index (κ3) is 18.3. The maximum atomic E-state index is 8.05. The van der Waals surface area contributed by atoms with Crippen molar-refractivity contribution in [3.05, 3.63) is 0 Å². The van der Waals surface area contributed by atoms with Crippen molar-refractivity contribution in [3.8, 4) is 0 Å². The van der Waals surface area contributed by atoms with Gasteiger partial charge < -0.3 is 26.6 Å². The van der Waals surface area contributed by atoms with Crippen LogP contribution in [0.15, 0.2) is 0 Å². The van der Waals surface area contributed by atoms with Gasteiger partial charge in [0.15, 0.2) is 6.29 Å². The van der Waals surface area contributed by atoms with E-state index in [0.29, 0.717) is 0 Å². The molecule has 0 spiro atoms. The van der Waals surface area contributed by atoms with Crippen molar-refractivity contribution in [1.82, 2.24) is 0 Å². The monoisotopic (exact) mass is 242 g/mol. The van der Waals surface area contributed by atoms with Crippen LogP contribution in [0.2, 0.25) is 0 Å². The van der Waals surface area contributed by atoms with Crippen molar-refractivity contribution < 1.29 is 26.6 Å². The molecule has 0 aromatic carbocycles. The minimum Gasteiger partial charge on any atom is -0.870 e. The molecule has 0 aliphatic rings. The second-order valence-corrected chi connectivity index (χ2v) is 3.28. The van der Waals surface area contributed by atoms with E-state index in [-0.39, 0.29) is 33.8 Å². The summed E-state index contributed by atoms with van der Waals surface area (Å²) in [5.74, 6) is 0. The molecule has 68 valence electrons. The zero-order chi connectivity index (χ0) is 6.08. The summed E-state index contributed by atoms with van der Waals surface area (Å²) in [6.07, 6.45) is -1.91. The molecule has 0 aromatic rings. The minimum absolute atomic E-state index is 0. The van der Waals surface area contributed by atoms with Gasteiger partial charge in [0.2, 0.25) is 3.79 Å². The van der Waals surface area contributed by atoms with Gasteiger partial charge in [0.25, 0.3) is 0 Å². The number of aliphatic hydroxyl groups is 2. The predicted octanol–water partition coefficient (Wildman–Crippen LogP) is -0.244. The van der Waals surface area contributed by atoms with E-state index in [2.05, 4.69) is 0 Å². The molecule has 0 heterocycles. The van der Waals surface area contributed by atoms with Crippen LogP contribution in [0.1, 0.15) is 0 Å². The van der Waals surface area contributed by atoms with Crippen LogP contribution in [0.5, 0.6) is 0 Å². The number of hydrogen-bond donors (Lipinski definition) is 2. The Balaban J connectivity index is -0.0000000300. The van der Waals surface area contributed by atoms with E-state index in [4.69, 9.17) is 45.0 Å². The van der Waals surface area contributed by atoms with E-state index in [1.807, 2.05) is 0 Å². The standard InChI is InChI=1S/C2H3Cl3O2.Al.3H2O/c3-2(4,5)1(6)7;;;;/h1,6-7H;;3*1H2/q;+3;;;/p-3. The van der Waals surface area contributed by atoms with Crippen LogP contribution in [-0.4, -0.2) is 54.1 Å². The van der Waals surface area contributed by atoms with Crippen molar-refractivity contribution >= 4 is 52.2 Å². The Morgan fingerprint density at radius 3 is 1.00 bits per heavy atom. The summed E-state index contributed by atoms with van der Waals surface area (Å²) in [6.45, 7) is 0. The van der Waals surface area contributed by atoms with Crippen LogP contribution in [0.4, 0.5) is 0 Å². The molecule has 0 unspecified atom stereocenters. The Kier molecular flexibility index (Phi) is 30.1. The van der Waals surface area contributed by atoms with E-state index in [9.17, 15) is 0 Å². The summed E-state index contributed by atoms with van der Waals surface area (Å²) >= 11 is 14.7. The molecule has 5 N–H and O–H groups in total. The molecule has 11 heavy (non-hydrogen) atoms. The van der Waals surface area contributed by atoms with Crippen LogP contribution in [0.25, 0.3) is 0 Å². The van der Waals surface area contributed by atoms with E-state index in [1.54, 1.807) is 0 Å². The van der Waals surface area contributed by atoms with E-state index in [1.165, 1.54) is 0 Å². The van der Waals surface area contributed by atoms with Crippen LogP contribution in [-0.2, 0) is 0 Å². The second kappa shape index (κ2) is 11.2. The summed E-state index contributed by atoms with van der Waals surface area (Å²) in [5.41, 5.74) is 0. The predicted molar refractivity (Wildman–Crippen MR) is 40.1 cm³/mol. The summed E-state index contributed by atoms with van der Waals surface area (Å²) in [5, 5.41) is 16.1. The number of halogens is 3. The largest absolute Gasteiger partial charge is 3.00 e. The number of hydrogen-bond acceptors (Lipinski definition) is 5. The first-order chi connectivity index (χ1) is 2.94. The molecule has 0 aliphatic heterocycles. The molecule has 0 bridgehead atoms. The SMILES string of the molecule is OC(O)C(Cl)(Cl)Cl.[Al+3].[OH-].[OH-].[OH-]. The van der Waals surface area contributed by atoms with E-state index < -0.39 is 10.1 Å². The third-order valence-corrected chi connectivity index (χ3v) is 0.878. The van der Waals surface area contributed by atoms with Gasteiger partial charge in [0.05, 0.1) is 0 Å². The molecule has 0 saturated carbocycles. The molecular weight excluding hydrogens is 237 g/mol. The van der Waals surface area contributed by atoms with Crippen LogP contribution < -0.4 is 0 Å². The first-order valence-corrected chi connectivity index (χ1v) is 2.51.